The lowest BCUT2D eigenvalue weighted by molar-refractivity contribution is 0.0951. The van der Waals surface area contributed by atoms with E-state index in [2.05, 4.69) is 25.6 Å². The fourth-order valence-electron chi connectivity index (χ4n) is 3.85. The Morgan fingerprint density at radius 2 is 1.97 bits per heavy atom. The Balaban J connectivity index is 1.62. The van der Waals surface area contributed by atoms with Crippen LogP contribution in [0.15, 0.2) is 35.9 Å². The molecule has 0 atom stereocenters. The first kappa shape index (κ1) is 25.2. The molecule has 0 aliphatic heterocycles. The quantitative estimate of drug-likeness (QED) is 0.420. The van der Waals surface area contributed by atoms with Crippen LogP contribution in [-0.2, 0) is 29.2 Å². The molecule has 0 fully saturated rings. The number of hydrogen-bond acceptors (Lipinski definition) is 8. The molecular weight excluding hydrogens is 510 g/mol. The highest BCUT2D eigenvalue weighted by Gasteiger charge is 2.28. The summed E-state index contributed by atoms with van der Waals surface area (Å²) in [6.45, 7) is 2.02. The minimum atomic E-state index is -3.74. The summed E-state index contributed by atoms with van der Waals surface area (Å²) < 4.78 is 24.8. The number of carbonyl (C=O) groups excluding carboxylic acids is 2. The summed E-state index contributed by atoms with van der Waals surface area (Å²) >= 11 is 7.49. The molecule has 3 aromatic heterocycles. The number of halogens is 1. The highest BCUT2D eigenvalue weighted by atomic mass is 35.5. The lowest BCUT2D eigenvalue weighted by Crippen LogP contribution is -2.26. The van der Waals surface area contributed by atoms with E-state index in [1.54, 1.807) is 25.4 Å². The second-order valence-electron chi connectivity index (χ2n) is 8.08. The maximum Gasteiger partial charge on any atom is 0.276 e. The monoisotopic (exact) mass is 533 g/mol. The molecule has 0 bridgehead atoms. The Kier molecular flexibility index (Phi) is 7.78. The molecule has 1 aliphatic rings. The summed E-state index contributed by atoms with van der Waals surface area (Å²) in [7, 11) is -3.74. The number of aryl methyl sites for hydroxylation is 1. The summed E-state index contributed by atoms with van der Waals surface area (Å²) in [5.41, 5.74) is 1.94. The van der Waals surface area contributed by atoms with Gasteiger partial charge in [-0.25, -0.2) is 18.4 Å². The first-order valence-electron chi connectivity index (χ1n) is 11.2. The van der Waals surface area contributed by atoms with E-state index < -0.39 is 20.9 Å². The van der Waals surface area contributed by atoms with Crippen molar-refractivity contribution < 1.29 is 18.0 Å². The second kappa shape index (κ2) is 10.8. The molecule has 184 valence electrons. The normalized spacial score (nSPS) is 13.2. The zero-order chi connectivity index (χ0) is 25.0. The first-order valence-corrected chi connectivity index (χ1v) is 14.0. The lowest BCUT2D eigenvalue weighted by atomic mass is 9.95. The van der Waals surface area contributed by atoms with E-state index in [-0.39, 0.29) is 22.4 Å². The van der Waals surface area contributed by atoms with E-state index in [1.165, 1.54) is 11.3 Å². The number of thiophene rings is 1. The maximum atomic E-state index is 13.2. The molecule has 3 aromatic rings. The van der Waals surface area contributed by atoms with Crippen molar-refractivity contribution in [1.29, 1.82) is 0 Å². The topological polar surface area (TPSA) is 131 Å². The minimum Gasteiger partial charge on any atom is -0.348 e. The van der Waals surface area contributed by atoms with Crippen LogP contribution in [-0.4, -0.2) is 40.9 Å². The van der Waals surface area contributed by atoms with Crippen LogP contribution in [0, 0.1) is 0 Å². The van der Waals surface area contributed by atoms with Gasteiger partial charge in [0, 0.05) is 23.8 Å². The third-order valence-corrected chi connectivity index (χ3v) is 8.67. The molecule has 35 heavy (non-hydrogen) atoms. The van der Waals surface area contributed by atoms with Gasteiger partial charge in [-0.1, -0.05) is 24.6 Å². The fourth-order valence-corrected chi connectivity index (χ4v) is 6.47. The SMILES string of the molecule is CCCS(=O)(=O)c1ncc(Cl)c(C(=O)Nc2sc3c(c2C(=O)NCc2cccnc2)CCCC3)n1. The van der Waals surface area contributed by atoms with Crippen molar-refractivity contribution in [3.63, 3.8) is 0 Å². The van der Waals surface area contributed by atoms with E-state index in [0.717, 1.165) is 47.9 Å². The minimum absolute atomic E-state index is 0.0816. The third-order valence-electron chi connectivity index (χ3n) is 5.49. The molecule has 3 heterocycles. The van der Waals surface area contributed by atoms with Gasteiger partial charge in [-0.2, -0.15) is 0 Å². The van der Waals surface area contributed by atoms with E-state index in [0.29, 0.717) is 23.5 Å². The van der Waals surface area contributed by atoms with Crippen LogP contribution in [0.3, 0.4) is 0 Å². The lowest BCUT2D eigenvalue weighted by Gasteiger charge is -2.13. The summed E-state index contributed by atoms with van der Waals surface area (Å²) in [5.74, 6) is -1.15. The Morgan fingerprint density at radius 1 is 1.17 bits per heavy atom. The summed E-state index contributed by atoms with van der Waals surface area (Å²) in [6, 6.07) is 3.65. The molecule has 12 heteroatoms. The van der Waals surface area contributed by atoms with Crippen molar-refractivity contribution in [3.05, 3.63) is 63.0 Å². The van der Waals surface area contributed by atoms with E-state index >= 15 is 0 Å². The van der Waals surface area contributed by atoms with Gasteiger partial charge in [0.15, 0.2) is 5.69 Å². The number of hydrogen-bond donors (Lipinski definition) is 2. The average molecular weight is 534 g/mol. The molecule has 0 unspecified atom stereocenters. The van der Waals surface area contributed by atoms with Gasteiger partial charge in [0.1, 0.15) is 5.00 Å². The highest BCUT2D eigenvalue weighted by molar-refractivity contribution is 7.91. The number of rotatable bonds is 8. The maximum absolute atomic E-state index is 13.2. The van der Waals surface area contributed by atoms with Crippen molar-refractivity contribution >= 4 is 49.6 Å². The smallest absolute Gasteiger partial charge is 0.276 e. The first-order chi connectivity index (χ1) is 16.8. The molecule has 2 N–H and O–H groups in total. The van der Waals surface area contributed by atoms with Crippen LogP contribution < -0.4 is 10.6 Å². The molecule has 1 aliphatic carbocycles. The van der Waals surface area contributed by atoms with Crippen molar-refractivity contribution in [2.24, 2.45) is 0 Å². The van der Waals surface area contributed by atoms with Gasteiger partial charge in [-0.3, -0.25) is 14.6 Å². The largest absolute Gasteiger partial charge is 0.348 e. The van der Waals surface area contributed by atoms with Gasteiger partial charge in [0.05, 0.1) is 22.5 Å². The Bertz CT molecular complexity index is 1360. The van der Waals surface area contributed by atoms with Crippen molar-refractivity contribution in [2.45, 2.75) is 50.7 Å². The van der Waals surface area contributed by atoms with Gasteiger partial charge in [0.2, 0.25) is 15.0 Å². The predicted molar refractivity (Wildman–Crippen MR) is 134 cm³/mol. The van der Waals surface area contributed by atoms with Gasteiger partial charge in [-0.15, -0.1) is 11.3 Å². The van der Waals surface area contributed by atoms with E-state index in [9.17, 15) is 18.0 Å². The number of pyridine rings is 1. The van der Waals surface area contributed by atoms with Gasteiger partial charge in [0.25, 0.3) is 11.8 Å². The number of sulfone groups is 1. The van der Waals surface area contributed by atoms with Crippen LogP contribution in [0.25, 0.3) is 0 Å². The molecule has 4 rings (SSSR count). The van der Waals surface area contributed by atoms with E-state index in [4.69, 9.17) is 11.6 Å². The Hall–Kier alpha value is -2.89. The average Bonchev–Trinajstić information content (AvgIpc) is 3.21. The summed E-state index contributed by atoms with van der Waals surface area (Å²) in [4.78, 5) is 39.2. The van der Waals surface area contributed by atoms with Gasteiger partial charge < -0.3 is 10.6 Å². The number of fused-ring (bicyclic) bond motifs is 1. The van der Waals surface area contributed by atoms with Gasteiger partial charge in [-0.05, 0) is 49.3 Å². The number of amides is 2. The molecule has 0 saturated carbocycles. The molecule has 0 radical (unpaired) electrons. The number of aromatic nitrogens is 3. The number of anilines is 1. The molecule has 0 saturated heterocycles. The van der Waals surface area contributed by atoms with Crippen molar-refractivity contribution in [2.75, 3.05) is 11.1 Å². The van der Waals surface area contributed by atoms with Crippen molar-refractivity contribution in [1.82, 2.24) is 20.3 Å². The van der Waals surface area contributed by atoms with Crippen molar-refractivity contribution in [3.8, 4) is 0 Å². The number of carbonyl (C=O) groups is 2. The predicted octanol–water partition coefficient (Wildman–Crippen LogP) is 3.83. The van der Waals surface area contributed by atoms with Crippen LogP contribution >= 0.6 is 22.9 Å². The molecule has 0 aromatic carbocycles. The zero-order valence-corrected chi connectivity index (χ0v) is 21.4. The summed E-state index contributed by atoms with van der Waals surface area (Å²) in [6.07, 6.45) is 8.35. The van der Waals surface area contributed by atoms with E-state index in [1.807, 2.05) is 6.07 Å². The third kappa shape index (κ3) is 5.68. The molecule has 2 amide bonds. The summed E-state index contributed by atoms with van der Waals surface area (Å²) in [5, 5.41) is 5.51. The number of nitrogens with one attached hydrogen (secondary N) is 2. The Labute approximate surface area is 212 Å². The molecular formula is C23H24ClN5O4S2. The molecule has 9 nitrogen and oxygen atoms in total. The number of nitrogens with zero attached hydrogens (tertiary/aromatic N) is 3. The van der Waals surface area contributed by atoms with Crippen LogP contribution in [0.2, 0.25) is 5.02 Å². The second-order valence-corrected chi connectivity index (χ2v) is 11.6. The molecule has 0 spiro atoms. The Morgan fingerprint density at radius 3 is 2.71 bits per heavy atom. The van der Waals surface area contributed by atoms with Crippen LogP contribution in [0.1, 0.15) is 63.0 Å². The van der Waals surface area contributed by atoms with Crippen LogP contribution in [0.5, 0.6) is 0 Å². The zero-order valence-electron chi connectivity index (χ0n) is 19.0. The fraction of sp³-hybridized carbons (Fsp3) is 0.348. The van der Waals surface area contributed by atoms with Gasteiger partial charge >= 0.3 is 0 Å². The van der Waals surface area contributed by atoms with Crippen LogP contribution in [0.4, 0.5) is 5.00 Å². The standard InChI is InChI=1S/C23H24ClN5O4S2/c1-2-10-35(32,33)23-27-13-16(24)19(28-23)21(31)29-22-18(15-7-3-4-8-17(15)34-22)20(30)26-12-14-6-5-9-25-11-14/h5-6,9,11,13H,2-4,7-8,10,12H2,1H3,(H,26,30)(H,29,31). The highest BCUT2D eigenvalue weighted by Crippen LogP contribution is 2.38.